The lowest BCUT2D eigenvalue weighted by molar-refractivity contribution is -0.385. The number of hydrogen-bond acceptors (Lipinski definition) is 5. The summed E-state index contributed by atoms with van der Waals surface area (Å²) < 4.78 is 0. The molecule has 0 aliphatic carbocycles. The Morgan fingerprint density at radius 2 is 1.68 bits per heavy atom. The number of amidine groups is 1. The van der Waals surface area contributed by atoms with Gasteiger partial charge in [0.15, 0.2) is 6.17 Å². The van der Waals surface area contributed by atoms with Crippen LogP contribution in [0.2, 0.25) is 0 Å². The van der Waals surface area contributed by atoms with Gasteiger partial charge >= 0.3 is 0 Å². The average molecular weight is 457 g/mol. The zero-order valence-corrected chi connectivity index (χ0v) is 20.0. The minimum absolute atomic E-state index is 0.0326. The summed E-state index contributed by atoms with van der Waals surface area (Å²) in [6.07, 6.45) is 3.49. The maximum absolute atomic E-state index is 11.5. The van der Waals surface area contributed by atoms with Crippen LogP contribution < -0.4 is 10.6 Å². The molecule has 6 heteroatoms. The fraction of sp³-hybridized carbons (Fsp3) is 0.250. The summed E-state index contributed by atoms with van der Waals surface area (Å²) in [5.41, 5.74) is 5.09. The van der Waals surface area contributed by atoms with E-state index in [0.29, 0.717) is 11.4 Å². The van der Waals surface area contributed by atoms with Gasteiger partial charge in [-0.05, 0) is 30.7 Å². The summed E-state index contributed by atoms with van der Waals surface area (Å²) in [6, 6.07) is 22.3. The number of hydrogen-bond donors (Lipinski definition) is 2. The summed E-state index contributed by atoms with van der Waals surface area (Å²) in [7, 11) is 0. The van der Waals surface area contributed by atoms with E-state index in [1.807, 2.05) is 55.5 Å². The van der Waals surface area contributed by atoms with Gasteiger partial charge in [-0.2, -0.15) is 0 Å². The Bertz CT molecular complexity index is 1180. The van der Waals surface area contributed by atoms with Crippen molar-refractivity contribution in [2.45, 2.75) is 46.2 Å². The second kappa shape index (κ2) is 11.8. The molecule has 3 aromatic rings. The van der Waals surface area contributed by atoms with Crippen molar-refractivity contribution in [1.29, 1.82) is 0 Å². The molecule has 0 aromatic heterocycles. The molecule has 0 saturated carbocycles. The van der Waals surface area contributed by atoms with Crippen LogP contribution in [0.25, 0.3) is 5.70 Å². The van der Waals surface area contributed by atoms with Crippen molar-refractivity contribution in [3.05, 3.63) is 112 Å². The fourth-order valence-electron chi connectivity index (χ4n) is 3.80. The number of para-hydroxylation sites is 2. The lowest BCUT2D eigenvalue weighted by atomic mass is 10.0. The highest BCUT2D eigenvalue weighted by Crippen LogP contribution is 2.34. The number of anilines is 1. The van der Waals surface area contributed by atoms with Gasteiger partial charge in [0.25, 0.3) is 5.69 Å². The van der Waals surface area contributed by atoms with Crippen LogP contribution in [0.3, 0.4) is 0 Å². The van der Waals surface area contributed by atoms with E-state index in [2.05, 4.69) is 31.1 Å². The van der Waals surface area contributed by atoms with E-state index in [1.54, 1.807) is 18.2 Å². The van der Waals surface area contributed by atoms with Gasteiger partial charge < -0.3 is 10.6 Å². The Morgan fingerprint density at radius 1 is 1.03 bits per heavy atom. The quantitative estimate of drug-likeness (QED) is 0.303. The maximum Gasteiger partial charge on any atom is 0.276 e. The fourth-order valence-corrected chi connectivity index (χ4v) is 3.80. The zero-order chi connectivity index (χ0) is 24.5. The topological polar surface area (TPSA) is 79.6 Å². The molecular formula is C28H32N4O2. The Morgan fingerprint density at radius 3 is 2.35 bits per heavy atom. The molecule has 176 valence electrons. The van der Waals surface area contributed by atoms with E-state index in [-0.39, 0.29) is 10.6 Å². The van der Waals surface area contributed by atoms with Gasteiger partial charge in [0.2, 0.25) is 0 Å². The molecular weight excluding hydrogens is 424 g/mol. The first-order valence-electron chi connectivity index (χ1n) is 11.6. The van der Waals surface area contributed by atoms with Gasteiger partial charge in [0, 0.05) is 28.6 Å². The van der Waals surface area contributed by atoms with Crippen molar-refractivity contribution in [3.63, 3.8) is 0 Å². The summed E-state index contributed by atoms with van der Waals surface area (Å²) in [5, 5.41) is 18.1. The largest absolute Gasteiger partial charge is 0.359 e. The monoisotopic (exact) mass is 456 g/mol. The third-order valence-corrected chi connectivity index (χ3v) is 5.61. The summed E-state index contributed by atoms with van der Waals surface area (Å²) in [4.78, 5) is 15.9. The summed E-state index contributed by atoms with van der Waals surface area (Å²) in [5.74, 6) is 0.621. The highest BCUT2D eigenvalue weighted by Gasteiger charge is 2.27. The van der Waals surface area contributed by atoms with Gasteiger partial charge in [-0.3, -0.25) is 10.1 Å². The van der Waals surface area contributed by atoms with E-state index in [0.717, 1.165) is 28.1 Å². The highest BCUT2D eigenvalue weighted by molar-refractivity contribution is 6.08. The van der Waals surface area contributed by atoms with Crippen LogP contribution in [-0.2, 0) is 0 Å². The molecule has 4 rings (SSSR count). The van der Waals surface area contributed by atoms with E-state index in [4.69, 9.17) is 4.99 Å². The zero-order valence-electron chi connectivity index (χ0n) is 20.0. The molecule has 3 aromatic carbocycles. The molecule has 0 bridgehead atoms. The third-order valence-electron chi connectivity index (χ3n) is 5.61. The average Bonchev–Trinajstić information content (AvgIpc) is 2.85. The first-order valence-corrected chi connectivity index (χ1v) is 11.6. The normalized spacial score (nSPS) is 14.0. The number of nitrogens with zero attached hydrogens (tertiary/aromatic N) is 2. The number of unbranched alkanes of at least 4 members (excludes halogenated alkanes) is 2. The van der Waals surface area contributed by atoms with Gasteiger partial charge in [-0.25, -0.2) is 4.99 Å². The van der Waals surface area contributed by atoms with Gasteiger partial charge in [0.05, 0.1) is 10.5 Å². The second-order valence-electron chi connectivity index (χ2n) is 8.16. The SMILES string of the molecule is C=C(NC1=NC(c2ccccc2[N+](=O)[O-])Nc2ccccc21)c1ccccc1C.CCCCC. The van der Waals surface area contributed by atoms with E-state index >= 15 is 0 Å². The predicted molar refractivity (Wildman–Crippen MR) is 141 cm³/mol. The Kier molecular flexibility index (Phi) is 8.57. The lowest BCUT2D eigenvalue weighted by Crippen LogP contribution is -2.30. The molecule has 0 spiro atoms. The number of nitro benzene ring substituents is 1. The van der Waals surface area contributed by atoms with Crippen LogP contribution in [0, 0.1) is 17.0 Å². The standard InChI is InChI=1S/C23H20N4O2.C5H12/c1-15-9-3-4-10-17(15)16(2)24-22-18-11-5-7-13-20(18)25-23(26-22)19-12-6-8-14-21(19)27(28)29;1-3-5-4-2/h3-14,23,25H,2H2,1H3,(H,24,26);3-5H2,1-2H3. The molecule has 2 N–H and O–H groups in total. The molecule has 6 nitrogen and oxygen atoms in total. The van der Waals surface area contributed by atoms with Crippen LogP contribution in [0.5, 0.6) is 0 Å². The van der Waals surface area contributed by atoms with Crippen molar-refractivity contribution >= 4 is 22.9 Å². The predicted octanol–water partition coefficient (Wildman–Crippen LogP) is 7.23. The van der Waals surface area contributed by atoms with Gasteiger partial charge in [-0.15, -0.1) is 0 Å². The van der Waals surface area contributed by atoms with Crippen molar-refractivity contribution in [2.75, 3.05) is 5.32 Å². The molecule has 1 aliphatic rings. The van der Waals surface area contributed by atoms with Gasteiger partial charge in [0.1, 0.15) is 5.84 Å². The van der Waals surface area contributed by atoms with E-state index < -0.39 is 6.17 Å². The summed E-state index contributed by atoms with van der Waals surface area (Å²) in [6.45, 7) is 10.6. The lowest BCUT2D eigenvalue weighted by Gasteiger charge is -2.27. The molecule has 0 saturated heterocycles. The smallest absolute Gasteiger partial charge is 0.276 e. The molecule has 34 heavy (non-hydrogen) atoms. The van der Waals surface area contributed by atoms with E-state index in [9.17, 15) is 10.1 Å². The number of benzene rings is 3. The number of nitro groups is 1. The van der Waals surface area contributed by atoms with Crippen LogP contribution >= 0.6 is 0 Å². The van der Waals surface area contributed by atoms with Crippen molar-refractivity contribution in [2.24, 2.45) is 4.99 Å². The minimum atomic E-state index is -0.585. The number of aliphatic imine (C=N–C) groups is 1. The molecule has 1 heterocycles. The van der Waals surface area contributed by atoms with Crippen molar-refractivity contribution < 1.29 is 4.92 Å². The van der Waals surface area contributed by atoms with Crippen LogP contribution in [0.1, 0.15) is 61.5 Å². The molecule has 1 aliphatic heterocycles. The van der Waals surface area contributed by atoms with Gasteiger partial charge in [-0.1, -0.05) is 88.2 Å². The van der Waals surface area contributed by atoms with Crippen LogP contribution in [-0.4, -0.2) is 10.8 Å². The first kappa shape index (κ1) is 24.7. The van der Waals surface area contributed by atoms with E-state index in [1.165, 1.54) is 25.3 Å². The number of fused-ring (bicyclic) bond motifs is 1. The number of nitrogens with one attached hydrogen (secondary N) is 2. The molecule has 1 unspecified atom stereocenters. The third kappa shape index (κ3) is 5.90. The first-order chi connectivity index (χ1) is 16.5. The Balaban J connectivity index is 0.000000588. The number of aryl methyl sites for hydroxylation is 1. The highest BCUT2D eigenvalue weighted by atomic mass is 16.6. The Labute approximate surface area is 201 Å². The molecule has 1 atom stereocenters. The molecule has 0 radical (unpaired) electrons. The Hall–Kier alpha value is -3.93. The molecule has 0 fully saturated rings. The minimum Gasteiger partial charge on any atom is -0.359 e. The van der Waals surface area contributed by atoms with Crippen LogP contribution in [0.4, 0.5) is 11.4 Å². The molecule has 0 amide bonds. The van der Waals surface area contributed by atoms with Crippen molar-refractivity contribution in [1.82, 2.24) is 5.32 Å². The van der Waals surface area contributed by atoms with Crippen molar-refractivity contribution in [3.8, 4) is 0 Å². The number of rotatable bonds is 6. The summed E-state index contributed by atoms with van der Waals surface area (Å²) >= 11 is 0. The second-order valence-corrected chi connectivity index (χ2v) is 8.16. The van der Waals surface area contributed by atoms with Crippen LogP contribution in [0.15, 0.2) is 84.4 Å². The maximum atomic E-state index is 11.5.